The Hall–Kier alpha value is -0.100. The Morgan fingerprint density at radius 3 is 2.41 bits per heavy atom. The normalized spacial score (nSPS) is 21.1. The molecule has 1 aliphatic rings. The van der Waals surface area contributed by atoms with E-state index in [9.17, 15) is 16.8 Å². The second-order valence-corrected chi connectivity index (χ2v) is 10.9. The quantitative estimate of drug-likeness (QED) is 0.359. The van der Waals surface area contributed by atoms with E-state index in [1.54, 1.807) is 13.8 Å². The minimum Gasteiger partial charge on any atom is -0.357 e. The van der Waals surface area contributed by atoms with Gasteiger partial charge in [0.25, 0.3) is 0 Å². The van der Waals surface area contributed by atoms with Crippen LogP contribution in [-0.2, 0) is 19.7 Å². The predicted octanol–water partition coefficient (Wildman–Crippen LogP) is 0.124. The van der Waals surface area contributed by atoms with Crippen LogP contribution in [0.3, 0.4) is 0 Å². The minimum atomic E-state index is -3.11. The lowest BCUT2D eigenvalue weighted by atomic mass is 10.2. The van der Waals surface area contributed by atoms with Crippen LogP contribution in [0.2, 0.25) is 0 Å². The van der Waals surface area contributed by atoms with Gasteiger partial charge < -0.3 is 10.2 Å². The molecule has 1 heterocycles. The maximum absolute atomic E-state index is 12.0. The van der Waals surface area contributed by atoms with Gasteiger partial charge in [-0.3, -0.25) is 4.99 Å². The van der Waals surface area contributed by atoms with Crippen molar-refractivity contribution in [3.8, 4) is 0 Å². The van der Waals surface area contributed by atoms with Crippen LogP contribution < -0.4 is 5.32 Å². The zero-order chi connectivity index (χ0) is 16.3. The molecule has 0 spiro atoms. The fourth-order valence-electron chi connectivity index (χ4n) is 2.07. The second-order valence-electron chi connectivity index (χ2n) is 5.87. The third-order valence-electron chi connectivity index (χ3n) is 3.40. The van der Waals surface area contributed by atoms with E-state index < -0.39 is 24.4 Å². The standard InChI is InChI=1S/C12H25N3O4S2.HI/c1-5-13-11(14-6-8-20(4,16)17)15-7-9-21(18,19)12(2,3)10-15;/h5-10H2,1-4H3,(H,13,14);1H. The first-order chi connectivity index (χ1) is 9.48. The Kier molecular flexibility index (Phi) is 8.10. The molecule has 1 rings (SSSR count). The first-order valence-corrected chi connectivity index (χ1v) is 10.6. The molecule has 0 amide bonds. The summed E-state index contributed by atoms with van der Waals surface area (Å²) in [6.07, 6.45) is 1.17. The highest BCUT2D eigenvalue weighted by Crippen LogP contribution is 2.23. The Labute approximate surface area is 150 Å². The molecule has 0 aliphatic carbocycles. The summed E-state index contributed by atoms with van der Waals surface area (Å²) in [5.41, 5.74) is 0. The first kappa shape index (κ1) is 21.9. The van der Waals surface area contributed by atoms with Gasteiger partial charge in [0, 0.05) is 25.9 Å². The lowest BCUT2D eigenvalue weighted by molar-refractivity contribution is 0.353. The number of guanidine groups is 1. The van der Waals surface area contributed by atoms with E-state index in [0.29, 0.717) is 25.6 Å². The predicted molar refractivity (Wildman–Crippen MR) is 101 cm³/mol. The van der Waals surface area contributed by atoms with Crippen LogP contribution >= 0.6 is 24.0 Å². The lowest BCUT2D eigenvalue weighted by Crippen LogP contribution is -2.57. The molecular weight excluding hydrogens is 441 g/mol. The van der Waals surface area contributed by atoms with Crippen LogP contribution in [0.15, 0.2) is 4.99 Å². The van der Waals surface area contributed by atoms with E-state index >= 15 is 0 Å². The molecule has 0 aromatic heterocycles. The minimum absolute atomic E-state index is 0. The Bertz CT molecular complexity index is 600. The van der Waals surface area contributed by atoms with Gasteiger partial charge in [0.05, 0.1) is 22.8 Å². The summed E-state index contributed by atoms with van der Waals surface area (Å²) in [5.74, 6) is 0.637. The van der Waals surface area contributed by atoms with Crippen LogP contribution in [0.4, 0.5) is 0 Å². The van der Waals surface area contributed by atoms with Crippen molar-refractivity contribution in [1.82, 2.24) is 10.2 Å². The van der Waals surface area contributed by atoms with Gasteiger partial charge in [-0.25, -0.2) is 16.8 Å². The maximum Gasteiger partial charge on any atom is 0.194 e. The molecule has 7 nitrogen and oxygen atoms in total. The third kappa shape index (κ3) is 6.19. The van der Waals surface area contributed by atoms with E-state index in [4.69, 9.17) is 0 Å². The number of aliphatic imine (C=N–C) groups is 1. The number of nitrogens with zero attached hydrogens (tertiary/aromatic N) is 2. The molecule has 0 radical (unpaired) electrons. The van der Waals surface area contributed by atoms with E-state index in [0.717, 1.165) is 0 Å². The van der Waals surface area contributed by atoms with Crippen molar-refractivity contribution in [2.75, 3.05) is 43.9 Å². The van der Waals surface area contributed by atoms with Gasteiger partial charge >= 0.3 is 0 Å². The van der Waals surface area contributed by atoms with Crippen molar-refractivity contribution < 1.29 is 16.8 Å². The average molecular weight is 467 g/mol. The van der Waals surface area contributed by atoms with Gasteiger partial charge in [-0.1, -0.05) is 0 Å². The fourth-order valence-corrected chi connectivity index (χ4v) is 3.86. The molecule has 0 saturated carbocycles. The topological polar surface area (TPSA) is 95.9 Å². The van der Waals surface area contributed by atoms with Crippen molar-refractivity contribution in [3.05, 3.63) is 0 Å². The number of halogens is 1. The molecule has 1 saturated heterocycles. The van der Waals surface area contributed by atoms with Crippen molar-refractivity contribution in [2.45, 2.75) is 25.5 Å². The number of sulfone groups is 2. The summed E-state index contributed by atoms with van der Waals surface area (Å²) in [7, 11) is -6.16. The molecule has 1 aliphatic heterocycles. The first-order valence-electron chi connectivity index (χ1n) is 6.92. The van der Waals surface area contributed by atoms with E-state index in [-0.39, 0.29) is 42.0 Å². The number of hydrogen-bond acceptors (Lipinski definition) is 5. The summed E-state index contributed by atoms with van der Waals surface area (Å²) in [6, 6.07) is 0. The lowest BCUT2D eigenvalue weighted by Gasteiger charge is -2.39. The zero-order valence-electron chi connectivity index (χ0n) is 13.5. The van der Waals surface area contributed by atoms with E-state index in [1.165, 1.54) is 6.26 Å². The van der Waals surface area contributed by atoms with Crippen LogP contribution in [0.5, 0.6) is 0 Å². The van der Waals surface area contributed by atoms with Crippen LogP contribution in [0.25, 0.3) is 0 Å². The van der Waals surface area contributed by atoms with E-state index in [1.807, 2.05) is 11.8 Å². The SMILES string of the molecule is CCNC(=NCCS(C)(=O)=O)N1CCS(=O)(=O)C(C)(C)C1.I. The molecule has 10 heteroatoms. The van der Waals surface area contributed by atoms with Crippen LogP contribution in [-0.4, -0.2) is 76.4 Å². The van der Waals surface area contributed by atoms with Crippen molar-refractivity contribution in [3.63, 3.8) is 0 Å². The summed E-state index contributed by atoms with van der Waals surface area (Å²) >= 11 is 0. The molecule has 1 fully saturated rings. The number of nitrogens with one attached hydrogen (secondary N) is 1. The molecule has 22 heavy (non-hydrogen) atoms. The number of hydrogen-bond donors (Lipinski definition) is 1. The highest BCUT2D eigenvalue weighted by Gasteiger charge is 2.40. The van der Waals surface area contributed by atoms with Gasteiger partial charge in [0.1, 0.15) is 9.84 Å². The molecule has 0 bridgehead atoms. The largest absolute Gasteiger partial charge is 0.357 e. The van der Waals surface area contributed by atoms with Crippen molar-refractivity contribution >= 4 is 49.6 Å². The van der Waals surface area contributed by atoms with Crippen LogP contribution in [0.1, 0.15) is 20.8 Å². The third-order valence-corrected chi connectivity index (χ3v) is 6.86. The average Bonchev–Trinajstić information content (AvgIpc) is 2.30. The zero-order valence-corrected chi connectivity index (χ0v) is 17.5. The van der Waals surface area contributed by atoms with Gasteiger partial charge in [-0.2, -0.15) is 0 Å². The Morgan fingerprint density at radius 2 is 1.95 bits per heavy atom. The Balaban J connectivity index is 0.00000441. The van der Waals surface area contributed by atoms with Gasteiger partial charge in [-0.15, -0.1) is 24.0 Å². The van der Waals surface area contributed by atoms with E-state index in [2.05, 4.69) is 10.3 Å². The number of rotatable bonds is 4. The molecule has 0 aromatic carbocycles. The van der Waals surface area contributed by atoms with Gasteiger partial charge in [-0.05, 0) is 20.8 Å². The highest BCUT2D eigenvalue weighted by atomic mass is 127. The maximum atomic E-state index is 12.0. The Morgan fingerprint density at radius 1 is 1.36 bits per heavy atom. The van der Waals surface area contributed by atoms with Gasteiger partial charge in [0.15, 0.2) is 15.8 Å². The molecule has 132 valence electrons. The fraction of sp³-hybridized carbons (Fsp3) is 0.917. The van der Waals surface area contributed by atoms with Crippen molar-refractivity contribution in [1.29, 1.82) is 0 Å². The molecular formula is C12H26IN3O4S2. The summed E-state index contributed by atoms with van der Waals surface area (Å²) < 4.78 is 45.5. The molecule has 1 N–H and O–H groups in total. The van der Waals surface area contributed by atoms with Crippen LogP contribution in [0, 0.1) is 0 Å². The summed E-state index contributed by atoms with van der Waals surface area (Å²) in [4.78, 5) is 6.18. The molecule has 0 atom stereocenters. The summed E-state index contributed by atoms with van der Waals surface area (Å²) in [6.45, 7) is 6.85. The molecule has 0 aromatic rings. The second kappa shape index (κ2) is 8.13. The summed E-state index contributed by atoms with van der Waals surface area (Å²) in [5, 5.41) is 3.09. The molecule has 0 unspecified atom stereocenters. The smallest absolute Gasteiger partial charge is 0.194 e. The highest BCUT2D eigenvalue weighted by molar-refractivity contribution is 14.0. The van der Waals surface area contributed by atoms with Crippen molar-refractivity contribution in [2.24, 2.45) is 4.99 Å². The van der Waals surface area contributed by atoms with Gasteiger partial charge in [0.2, 0.25) is 0 Å². The monoisotopic (exact) mass is 467 g/mol.